The highest BCUT2D eigenvalue weighted by atomic mass is 16.5. The monoisotopic (exact) mass is 207 g/mol. The number of nitrogens with zero attached hydrogens (tertiary/aromatic N) is 5. The molecule has 0 saturated heterocycles. The van der Waals surface area contributed by atoms with Crippen molar-refractivity contribution in [1.29, 1.82) is 0 Å². The summed E-state index contributed by atoms with van der Waals surface area (Å²) in [6.45, 7) is 1.37. The lowest BCUT2D eigenvalue weighted by Crippen LogP contribution is -2.05. The van der Waals surface area contributed by atoms with Crippen LogP contribution in [0.15, 0.2) is 18.6 Å². The van der Waals surface area contributed by atoms with E-state index in [4.69, 9.17) is 4.74 Å². The van der Waals surface area contributed by atoms with Crippen molar-refractivity contribution >= 4 is 0 Å². The highest BCUT2D eigenvalue weighted by Gasteiger charge is 2.09. The Labute approximate surface area is 87.5 Å². The van der Waals surface area contributed by atoms with Gasteiger partial charge >= 0.3 is 0 Å². The fourth-order valence-corrected chi connectivity index (χ4v) is 1.34. The van der Waals surface area contributed by atoms with Crippen molar-refractivity contribution in [1.82, 2.24) is 24.5 Å². The molecule has 6 nitrogen and oxygen atoms in total. The number of aromatic nitrogens is 5. The van der Waals surface area contributed by atoms with E-state index in [1.807, 2.05) is 23.9 Å². The molecule has 0 saturated carbocycles. The quantitative estimate of drug-likeness (QED) is 0.724. The molecule has 0 amide bonds. The second kappa shape index (κ2) is 4.22. The molecular formula is C9H13N5O. The van der Waals surface area contributed by atoms with Gasteiger partial charge in [0.2, 0.25) is 0 Å². The van der Waals surface area contributed by atoms with Crippen molar-refractivity contribution in [2.24, 2.45) is 7.05 Å². The van der Waals surface area contributed by atoms with E-state index >= 15 is 0 Å². The summed E-state index contributed by atoms with van der Waals surface area (Å²) in [6.07, 6.45) is 3.56. The van der Waals surface area contributed by atoms with Crippen LogP contribution in [0.4, 0.5) is 0 Å². The average Bonchev–Trinajstić information content (AvgIpc) is 2.82. The van der Waals surface area contributed by atoms with E-state index in [9.17, 15) is 0 Å². The predicted molar refractivity (Wildman–Crippen MR) is 54.1 cm³/mol. The van der Waals surface area contributed by atoms with Crippen molar-refractivity contribution in [3.8, 4) is 11.5 Å². The van der Waals surface area contributed by atoms with Gasteiger partial charge in [0.25, 0.3) is 0 Å². The van der Waals surface area contributed by atoms with Crippen LogP contribution < -0.4 is 0 Å². The zero-order valence-electron chi connectivity index (χ0n) is 8.79. The third-order valence-corrected chi connectivity index (χ3v) is 2.09. The van der Waals surface area contributed by atoms with E-state index in [1.54, 1.807) is 18.1 Å². The smallest absolute Gasteiger partial charge is 0.184 e. The minimum atomic E-state index is 0.637. The van der Waals surface area contributed by atoms with Gasteiger partial charge in [-0.3, -0.25) is 4.68 Å². The molecule has 80 valence electrons. The normalized spacial score (nSPS) is 10.8. The SMILES string of the molecule is COCCn1cnnc1-c1ccn(C)n1. The Morgan fingerprint density at radius 2 is 2.33 bits per heavy atom. The maximum Gasteiger partial charge on any atom is 0.184 e. The van der Waals surface area contributed by atoms with E-state index in [0.29, 0.717) is 6.61 Å². The minimum Gasteiger partial charge on any atom is -0.383 e. The summed E-state index contributed by atoms with van der Waals surface area (Å²) >= 11 is 0. The van der Waals surface area contributed by atoms with Gasteiger partial charge in [0.15, 0.2) is 5.82 Å². The van der Waals surface area contributed by atoms with Crippen LogP contribution >= 0.6 is 0 Å². The summed E-state index contributed by atoms with van der Waals surface area (Å²) in [4.78, 5) is 0. The lowest BCUT2D eigenvalue weighted by molar-refractivity contribution is 0.187. The Morgan fingerprint density at radius 3 is 3.00 bits per heavy atom. The summed E-state index contributed by atoms with van der Waals surface area (Å²) < 4.78 is 8.67. The lowest BCUT2D eigenvalue weighted by Gasteiger charge is -2.02. The first-order valence-corrected chi connectivity index (χ1v) is 4.68. The van der Waals surface area contributed by atoms with Gasteiger partial charge < -0.3 is 9.30 Å². The van der Waals surface area contributed by atoms with Gasteiger partial charge in [0.05, 0.1) is 6.61 Å². The third kappa shape index (κ3) is 2.04. The number of methoxy groups -OCH3 is 1. The van der Waals surface area contributed by atoms with Crippen molar-refractivity contribution < 1.29 is 4.74 Å². The fraction of sp³-hybridized carbons (Fsp3) is 0.444. The van der Waals surface area contributed by atoms with E-state index in [-0.39, 0.29) is 0 Å². The predicted octanol–water partition coefficient (Wildman–Crippen LogP) is 0.325. The molecule has 0 radical (unpaired) electrons. The van der Waals surface area contributed by atoms with Crippen LogP contribution in [0.1, 0.15) is 0 Å². The van der Waals surface area contributed by atoms with Crippen molar-refractivity contribution in [3.63, 3.8) is 0 Å². The topological polar surface area (TPSA) is 57.8 Å². The molecule has 0 unspecified atom stereocenters. The highest BCUT2D eigenvalue weighted by Crippen LogP contribution is 2.12. The molecule has 0 aromatic carbocycles. The number of ether oxygens (including phenoxy) is 1. The Balaban J connectivity index is 2.24. The Morgan fingerprint density at radius 1 is 1.47 bits per heavy atom. The van der Waals surface area contributed by atoms with Crippen LogP contribution in [-0.4, -0.2) is 38.3 Å². The molecule has 0 aliphatic carbocycles. The molecule has 0 N–H and O–H groups in total. The van der Waals surface area contributed by atoms with Crippen LogP contribution in [-0.2, 0) is 18.3 Å². The van der Waals surface area contributed by atoms with Crippen LogP contribution in [0.3, 0.4) is 0 Å². The van der Waals surface area contributed by atoms with Crippen LogP contribution in [0, 0.1) is 0 Å². The van der Waals surface area contributed by atoms with Gasteiger partial charge in [-0.25, -0.2) is 0 Å². The number of hydrogen-bond donors (Lipinski definition) is 0. The fourth-order valence-electron chi connectivity index (χ4n) is 1.34. The van der Waals surface area contributed by atoms with E-state index < -0.39 is 0 Å². The molecule has 2 rings (SSSR count). The number of rotatable bonds is 4. The zero-order chi connectivity index (χ0) is 10.7. The molecule has 6 heteroatoms. The second-order valence-electron chi connectivity index (χ2n) is 3.22. The van der Waals surface area contributed by atoms with Gasteiger partial charge in [0, 0.05) is 26.9 Å². The molecule has 0 bridgehead atoms. The second-order valence-corrected chi connectivity index (χ2v) is 3.22. The molecule has 0 atom stereocenters. The summed E-state index contributed by atoms with van der Waals surface area (Å²) in [5.74, 6) is 0.771. The van der Waals surface area contributed by atoms with E-state index in [0.717, 1.165) is 18.1 Å². The maximum atomic E-state index is 5.01. The maximum absolute atomic E-state index is 5.01. The average molecular weight is 207 g/mol. The third-order valence-electron chi connectivity index (χ3n) is 2.09. The van der Waals surface area contributed by atoms with Crippen molar-refractivity contribution in [2.45, 2.75) is 6.54 Å². The van der Waals surface area contributed by atoms with Crippen molar-refractivity contribution in [2.75, 3.05) is 13.7 Å². The van der Waals surface area contributed by atoms with E-state index in [2.05, 4.69) is 15.3 Å². The molecule has 0 aliphatic rings. The number of hydrogen-bond acceptors (Lipinski definition) is 4. The molecule has 0 aliphatic heterocycles. The Kier molecular flexibility index (Phi) is 2.77. The van der Waals surface area contributed by atoms with Crippen LogP contribution in [0.5, 0.6) is 0 Å². The standard InChI is InChI=1S/C9H13N5O/c1-13-4-3-8(12-13)9-11-10-7-14(9)5-6-15-2/h3-4,7H,5-6H2,1-2H3. The molecule has 0 spiro atoms. The Bertz CT molecular complexity index is 433. The van der Waals surface area contributed by atoms with Gasteiger partial charge in [-0.1, -0.05) is 0 Å². The van der Waals surface area contributed by atoms with Gasteiger partial charge in [-0.05, 0) is 6.07 Å². The van der Waals surface area contributed by atoms with Crippen molar-refractivity contribution in [3.05, 3.63) is 18.6 Å². The lowest BCUT2D eigenvalue weighted by atomic mass is 10.4. The first-order chi connectivity index (χ1) is 7.31. The first-order valence-electron chi connectivity index (χ1n) is 4.68. The van der Waals surface area contributed by atoms with E-state index in [1.165, 1.54) is 0 Å². The Hall–Kier alpha value is -1.69. The molecule has 2 aromatic heterocycles. The molecule has 0 fully saturated rings. The molecule has 15 heavy (non-hydrogen) atoms. The largest absolute Gasteiger partial charge is 0.383 e. The molecule has 2 aromatic rings. The summed E-state index contributed by atoms with van der Waals surface area (Å²) in [7, 11) is 3.55. The summed E-state index contributed by atoms with van der Waals surface area (Å²) in [5.41, 5.74) is 0.825. The van der Waals surface area contributed by atoms with Crippen LogP contribution in [0.2, 0.25) is 0 Å². The van der Waals surface area contributed by atoms with Gasteiger partial charge in [0.1, 0.15) is 12.0 Å². The minimum absolute atomic E-state index is 0.637. The summed E-state index contributed by atoms with van der Waals surface area (Å²) in [6, 6.07) is 1.91. The molecular weight excluding hydrogens is 194 g/mol. The zero-order valence-corrected chi connectivity index (χ0v) is 8.79. The van der Waals surface area contributed by atoms with Gasteiger partial charge in [-0.15, -0.1) is 10.2 Å². The van der Waals surface area contributed by atoms with Crippen LogP contribution in [0.25, 0.3) is 11.5 Å². The summed E-state index contributed by atoms with van der Waals surface area (Å²) in [5, 5.41) is 12.2. The highest BCUT2D eigenvalue weighted by molar-refractivity contribution is 5.47. The van der Waals surface area contributed by atoms with Gasteiger partial charge in [-0.2, -0.15) is 5.10 Å². The molecule has 2 heterocycles. The first kappa shape index (κ1) is 9.85. The number of aryl methyl sites for hydroxylation is 1.